The summed E-state index contributed by atoms with van der Waals surface area (Å²) in [5, 5.41) is 21.1. The third-order valence-electron chi connectivity index (χ3n) is 6.06. The molecule has 0 bridgehead atoms. The van der Waals surface area contributed by atoms with Crippen molar-refractivity contribution in [3.8, 4) is 40.6 Å². The lowest BCUT2D eigenvalue weighted by Crippen LogP contribution is -2.02. The predicted octanol–water partition coefficient (Wildman–Crippen LogP) is 6.65. The lowest BCUT2D eigenvalue weighted by Gasteiger charge is -2.12. The third-order valence-corrected chi connectivity index (χ3v) is 6.06. The van der Waals surface area contributed by atoms with E-state index in [-0.39, 0.29) is 0 Å². The zero-order valence-corrected chi connectivity index (χ0v) is 18.6. The van der Waals surface area contributed by atoms with Gasteiger partial charge in [-0.3, -0.25) is 4.57 Å². The van der Waals surface area contributed by atoms with Crippen molar-refractivity contribution >= 4 is 21.8 Å². The van der Waals surface area contributed by atoms with E-state index < -0.39 is 0 Å². The topological polar surface area (TPSA) is 78.3 Å². The summed E-state index contributed by atoms with van der Waals surface area (Å²) < 4.78 is 2.14. The summed E-state index contributed by atoms with van der Waals surface area (Å²) in [4.78, 5) is 9.82. The Balaban J connectivity index is 1.68. The maximum Gasteiger partial charge on any atom is 0.162 e. The molecular formula is C30H17N5. The first kappa shape index (κ1) is 20.4. The molecule has 0 radical (unpaired) electrons. The maximum atomic E-state index is 9.42. The lowest BCUT2D eigenvalue weighted by atomic mass is 10.1. The van der Waals surface area contributed by atoms with Gasteiger partial charge >= 0.3 is 0 Å². The van der Waals surface area contributed by atoms with Gasteiger partial charge in [0.25, 0.3) is 0 Å². The Kier molecular flexibility index (Phi) is 4.80. The quantitative estimate of drug-likeness (QED) is 0.304. The molecule has 6 rings (SSSR count). The van der Waals surface area contributed by atoms with Gasteiger partial charge in [-0.05, 0) is 36.4 Å². The van der Waals surface area contributed by atoms with Crippen molar-refractivity contribution in [1.82, 2.24) is 14.5 Å². The fourth-order valence-electron chi connectivity index (χ4n) is 4.47. The summed E-state index contributed by atoms with van der Waals surface area (Å²) >= 11 is 0. The van der Waals surface area contributed by atoms with Gasteiger partial charge in [0.2, 0.25) is 0 Å². The van der Waals surface area contributed by atoms with Crippen LogP contribution in [0.3, 0.4) is 0 Å². The molecule has 0 spiro atoms. The minimum absolute atomic E-state index is 0.513. The van der Waals surface area contributed by atoms with Crippen LogP contribution in [0.5, 0.6) is 0 Å². The van der Waals surface area contributed by atoms with Crippen molar-refractivity contribution in [1.29, 1.82) is 10.5 Å². The molecule has 35 heavy (non-hydrogen) atoms. The van der Waals surface area contributed by atoms with E-state index in [4.69, 9.17) is 9.97 Å². The highest BCUT2D eigenvalue weighted by Gasteiger charge is 2.16. The first-order valence-corrected chi connectivity index (χ1v) is 11.1. The molecule has 6 aromatic rings. The Morgan fingerprint density at radius 2 is 1.14 bits per heavy atom. The Bertz CT molecular complexity index is 1700. The van der Waals surface area contributed by atoms with E-state index in [1.54, 1.807) is 18.2 Å². The summed E-state index contributed by atoms with van der Waals surface area (Å²) in [5.41, 5.74) is 5.47. The average molecular weight is 448 g/mol. The van der Waals surface area contributed by atoms with Crippen molar-refractivity contribution < 1.29 is 0 Å². The molecule has 4 aromatic carbocycles. The standard InChI is InChI=1S/C30H17N5/c31-18-20-7-5-9-22(15-20)26-17-29(34-30(33-26)23-10-6-8-21(16-23)19-32)35-27-13-3-1-11-24(27)25-12-2-4-14-28(25)35/h1-17H. The monoisotopic (exact) mass is 447 g/mol. The second kappa shape index (κ2) is 8.26. The number of hydrogen-bond acceptors (Lipinski definition) is 4. The molecule has 0 fully saturated rings. The van der Waals surface area contributed by atoms with E-state index in [0.29, 0.717) is 28.5 Å². The summed E-state index contributed by atoms with van der Waals surface area (Å²) in [6.45, 7) is 0. The molecule has 0 amide bonds. The Morgan fingerprint density at radius 3 is 1.77 bits per heavy atom. The van der Waals surface area contributed by atoms with Crippen molar-refractivity contribution in [2.24, 2.45) is 0 Å². The zero-order chi connectivity index (χ0) is 23.8. The van der Waals surface area contributed by atoms with E-state index in [9.17, 15) is 10.5 Å². The third kappa shape index (κ3) is 3.49. The highest BCUT2D eigenvalue weighted by atomic mass is 15.1. The highest BCUT2D eigenvalue weighted by molar-refractivity contribution is 6.09. The van der Waals surface area contributed by atoms with Crippen LogP contribution >= 0.6 is 0 Å². The minimum atomic E-state index is 0.513. The van der Waals surface area contributed by atoms with E-state index >= 15 is 0 Å². The van der Waals surface area contributed by atoms with Crippen molar-refractivity contribution in [3.63, 3.8) is 0 Å². The average Bonchev–Trinajstić information content (AvgIpc) is 3.27. The largest absolute Gasteiger partial charge is 0.294 e. The van der Waals surface area contributed by atoms with Crippen LogP contribution in [0.25, 0.3) is 50.3 Å². The second-order valence-electron chi connectivity index (χ2n) is 8.19. The molecule has 0 saturated carbocycles. The van der Waals surface area contributed by atoms with Crippen LogP contribution < -0.4 is 0 Å². The minimum Gasteiger partial charge on any atom is -0.294 e. The maximum absolute atomic E-state index is 9.42. The molecule has 0 aliphatic heterocycles. The SMILES string of the molecule is N#Cc1cccc(-c2cc(-n3c4ccccc4c4ccccc43)nc(-c3cccc(C#N)c3)n2)c1. The number of para-hydroxylation sites is 2. The van der Waals surface area contributed by atoms with Gasteiger partial charge in [-0.2, -0.15) is 10.5 Å². The van der Waals surface area contributed by atoms with Gasteiger partial charge in [0.05, 0.1) is 40.0 Å². The molecule has 162 valence electrons. The van der Waals surface area contributed by atoms with Gasteiger partial charge in [-0.15, -0.1) is 0 Å². The number of nitrogens with zero attached hydrogens (tertiary/aromatic N) is 5. The fourth-order valence-corrected chi connectivity index (χ4v) is 4.47. The van der Waals surface area contributed by atoms with E-state index in [0.717, 1.165) is 32.9 Å². The second-order valence-corrected chi connectivity index (χ2v) is 8.19. The van der Waals surface area contributed by atoms with Crippen LogP contribution in [0.2, 0.25) is 0 Å². The summed E-state index contributed by atoms with van der Waals surface area (Å²) in [6, 6.07) is 37.6. The molecule has 2 heterocycles. The molecule has 0 aliphatic rings. The van der Waals surface area contributed by atoms with Gasteiger partial charge < -0.3 is 0 Å². The molecule has 5 nitrogen and oxygen atoms in total. The molecule has 0 unspecified atom stereocenters. The number of hydrogen-bond donors (Lipinski definition) is 0. The Hall–Kier alpha value is -5.26. The first-order chi connectivity index (χ1) is 17.2. The number of rotatable bonds is 3. The lowest BCUT2D eigenvalue weighted by molar-refractivity contribution is 1.05. The fraction of sp³-hybridized carbons (Fsp3) is 0. The smallest absolute Gasteiger partial charge is 0.162 e. The highest BCUT2D eigenvalue weighted by Crippen LogP contribution is 2.33. The Morgan fingerprint density at radius 1 is 0.571 bits per heavy atom. The number of benzene rings is 4. The van der Waals surface area contributed by atoms with Crippen LogP contribution in [0.4, 0.5) is 0 Å². The predicted molar refractivity (Wildman–Crippen MR) is 137 cm³/mol. The van der Waals surface area contributed by atoms with Crippen LogP contribution in [0.15, 0.2) is 103 Å². The molecule has 2 aromatic heterocycles. The van der Waals surface area contributed by atoms with E-state index in [1.807, 2.05) is 60.7 Å². The molecule has 0 atom stereocenters. The number of fused-ring (bicyclic) bond motifs is 3. The first-order valence-electron chi connectivity index (χ1n) is 11.1. The van der Waals surface area contributed by atoms with Crippen molar-refractivity contribution in [2.45, 2.75) is 0 Å². The van der Waals surface area contributed by atoms with Crippen LogP contribution in [0.1, 0.15) is 11.1 Å². The molecule has 0 aliphatic carbocycles. The van der Waals surface area contributed by atoms with E-state index in [2.05, 4.69) is 41.0 Å². The van der Waals surface area contributed by atoms with Gasteiger partial charge in [-0.1, -0.05) is 60.7 Å². The number of aromatic nitrogens is 3. The summed E-state index contributed by atoms with van der Waals surface area (Å²) in [6.07, 6.45) is 0. The molecule has 0 saturated heterocycles. The van der Waals surface area contributed by atoms with E-state index in [1.165, 1.54) is 0 Å². The van der Waals surface area contributed by atoms with Gasteiger partial charge in [0.15, 0.2) is 5.82 Å². The van der Waals surface area contributed by atoms with Gasteiger partial charge in [0, 0.05) is 28.0 Å². The normalized spacial score (nSPS) is 10.8. The molecular weight excluding hydrogens is 430 g/mol. The van der Waals surface area contributed by atoms with Crippen LogP contribution in [0, 0.1) is 22.7 Å². The van der Waals surface area contributed by atoms with Gasteiger partial charge in [0.1, 0.15) is 5.82 Å². The molecule has 5 heteroatoms. The van der Waals surface area contributed by atoms with Crippen molar-refractivity contribution in [3.05, 3.63) is 114 Å². The van der Waals surface area contributed by atoms with Crippen molar-refractivity contribution in [2.75, 3.05) is 0 Å². The summed E-state index contributed by atoms with van der Waals surface area (Å²) in [7, 11) is 0. The molecule has 0 N–H and O–H groups in total. The summed E-state index contributed by atoms with van der Waals surface area (Å²) in [5.74, 6) is 1.23. The van der Waals surface area contributed by atoms with Crippen LogP contribution in [-0.4, -0.2) is 14.5 Å². The number of nitriles is 2. The Labute approximate surface area is 201 Å². The zero-order valence-electron chi connectivity index (χ0n) is 18.6. The van der Waals surface area contributed by atoms with Gasteiger partial charge in [-0.25, -0.2) is 9.97 Å². The van der Waals surface area contributed by atoms with Crippen LogP contribution in [-0.2, 0) is 0 Å².